The van der Waals surface area contributed by atoms with Crippen molar-refractivity contribution in [3.8, 4) is 23.0 Å². The van der Waals surface area contributed by atoms with E-state index in [9.17, 15) is 15.0 Å². The lowest BCUT2D eigenvalue weighted by molar-refractivity contribution is -0.258. The van der Waals surface area contributed by atoms with Gasteiger partial charge >= 0.3 is 6.09 Å². The first-order valence-corrected chi connectivity index (χ1v) is 26.2. The molecule has 380 valence electrons. The van der Waals surface area contributed by atoms with Crippen LogP contribution in [0.1, 0.15) is 146 Å². The molecule has 6 atom stereocenters. The lowest BCUT2D eigenvalue weighted by Crippen LogP contribution is -2.70. The average Bonchev–Trinajstić information content (AvgIpc) is 3.85. The Kier molecular flexibility index (Phi) is 20.0. The summed E-state index contributed by atoms with van der Waals surface area (Å²) in [7, 11) is 0. The number of fused-ring (bicyclic) bond motifs is 3. The fourth-order valence-electron chi connectivity index (χ4n) is 11.1. The van der Waals surface area contributed by atoms with Crippen LogP contribution in [0.3, 0.4) is 0 Å². The summed E-state index contributed by atoms with van der Waals surface area (Å²) in [5.41, 5.74) is 4.36. The highest BCUT2D eigenvalue weighted by molar-refractivity contribution is 6.03. The lowest BCUT2D eigenvalue weighted by Gasteiger charge is -2.60. The van der Waals surface area contributed by atoms with Gasteiger partial charge in [0.25, 0.3) is 0 Å². The Bertz CT molecular complexity index is 2210. The van der Waals surface area contributed by atoms with E-state index in [1.807, 2.05) is 72.5 Å². The molecule has 2 aliphatic carbocycles. The number of carbonyl (C=O) groups is 2. The summed E-state index contributed by atoms with van der Waals surface area (Å²) < 4.78 is 32.2. The molecule has 1 fully saturated rings. The quantitative estimate of drug-likeness (QED) is 0.0347. The predicted octanol–water partition coefficient (Wildman–Crippen LogP) is 11.3. The van der Waals surface area contributed by atoms with Crippen LogP contribution in [0.15, 0.2) is 96.2 Å². The Balaban J connectivity index is 1.33. The number of ether oxygens (including phenoxy) is 5. The van der Waals surface area contributed by atoms with Crippen molar-refractivity contribution < 1.29 is 48.3 Å². The summed E-state index contributed by atoms with van der Waals surface area (Å²) in [6.45, 7) is 9.59. The standard InChI is InChI=1S/C57H77N3O10/c1-4-7-8-9-10-11-12-13-17-26-53(63)60(39-42-27-29-50-51(34-42)66-40-65-50)52-37-48(59-68-6-3)46-35-43(24-18-20-31-61)45(25-19-21-32-62)54-47-36-44(69-56(64)58-38-41-22-15-14-16-23-41)28-30-49(47)70-57(52,55(46)54)67-33-5-2/h5,14-16,22-23,27-30,34-36,43,45,52,54-55,61-62H,2,4,6-13,17-21,24-26,31-33,37-40H2,1,3H3,(H,58,64)/t43-,45+,52-,54+,55+,57+/m0/s1. The normalized spacial score (nSPS) is 22.3. The summed E-state index contributed by atoms with van der Waals surface area (Å²) in [6, 6.07) is 20.4. The summed E-state index contributed by atoms with van der Waals surface area (Å²) in [6.07, 6.45) is 18.8. The first-order chi connectivity index (χ1) is 34.3. The van der Waals surface area contributed by atoms with Gasteiger partial charge in [-0.3, -0.25) is 4.79 Å². The van der Waals surface area contributed by atoms with E-state index in [4.69, 9.17) is 33.7 Å². The summed E-state index contributed by atoms with van der Waals surface area (Å²) in [5, 5.41) is 27.8. The Morgan fingerprint density at radius 1 is 0.843 bits per heavy atom. The van der Waals surface area contributed by atoms with Crippen LogP contribution >= 0.6 is 0 Å². The minimum atomic E-state index is -1.44. The minimum Gasteiger partial charge on any atom is -0.459 e. The maximum absolute atomic E-state index is 15.3. The second-order valence-corrected chi connectivity index (χ2v) is 19.2. The van der Waals surface area contributed by atoms with Crippen LogP contribution in [-0.2, 0) is 27.5 Å². The lowest BCUT2D eigenvalue weighted by atomic mass is 9.55. The van der Waals surface area contributed by atoms with E-state index in [1.165, 1.54) is 32.1 Å². The molecule has 4 aliphatic rings. The highest BCUT2D eigenvalue weighted by Crippen LogP contribution is 2.62. The topological polar surface area (TPSA) is 158 Å². The van der Waals surface area contributed by atoms with Gasteiger partial charge in [0.15, 0.2) is 11.5 Å². The minimum absolute atomic E-state index is 0.00239. The van der Waals surface area contributed by atoms with Crippen LogP contribution < -0.4 is 24.3 Å². The van der Waals surface area contributed by atoms with Crippen molar-refractivity contribution in [1.82, 2.24) is 10.2 Å². The van der Waals surface area contributed by atoms with Gasteiger partial charge in [0.05, 0.1) is 18.2 Å². The van der Waals surface area contributed by atoms with Crippen molar-refractivity contribution in [2.24, 2.45) is 22.9 Å². The number of amides is 2. The number of rotatable bonds is 29. The van der Waals surface area contributed by atoms with E-state index < -0.39 is 23.8 Å². The molecule has 3 aromatic rings. The van der Waals surface area contributed by atoms with E-state index in [-0.39, 0.29) is 63.2 Å². The van der Waals surface area contributed by atoms with Gasteiger partial charge in [-0.15, -0.1) is 6.58 Å². The number of nitrogens with one attached hydrogen (secondary N) is 1. The molecule has 13 heteroatoms. The molecule has 13 nitrogen and oxygen atoms in total. The van der Waals surface area contributed by atoms with Gasteiger partial charge in [-0.25, -0.2) is 4.79 Å². The van der Waals surface area contributed by atoms with Gasteiger partial charge in [-0.1, -0.05) is 125 Å². The Labute approximate surface area is 415 Å². The van der Waals surface area contributed by atoms with Gasteiger partial charge in [-0.05, 0) is 97.9 Å². The Morgan fingerprint density at radius 2 is 1.57 bits per heavy atom. The molecule has 2 amide bonds. The van der Waals surface area contributed by atoms with E-state index >= 15 is 4.79 Å². The first kappa shape index (κ1) is 52.5. The van der Waals surface area contributed by atoms with Crippen molar-refractivity contribution >= 4 is 17.7 Å². The molecular formula is C57H77N3O10. The summed E-state index contributed by atoms with van der Waals surface area (Å²) in [4.78, 5) is 36.6. The molecule has 0 radical (unpaired) electrons. The summed E-state index contributed by atoms with van der Waals surface area (Å²) >= 11 is 0. The zero-order chi connectivity index (χ0) is 49.1. The average molecular weight is 964 g/mol. The smallest absolute Gasteiger partial charge is 0.412 e. The first-order valence-electron chi connectivity index (χ1n) is 26.2. The van der Waals surface area contributed by atoms with E-state index in [0.29, 0.717) is 55.4 Å². The number of hydrogen-bond acceptors (Lipinski definition) is 11. The maximum Gasteiger partial charge on any atom is 0.412 e. The molecule has 3 N–H and O–H groups in total. The van der Waals surface area contributed by atoms with Crippen molar-refractivity contribution in [3.63, 3.8) is 0 Å². The number of carbonyl (C=O) groups excluding carboxylic acids is 2. The number of aliphatic hydroxyl groups excluding tert-OH is 2. The van der Waals surface area contributed by atoms with Gasteiger partial charge in [0, 0.05) is 50.6 Å². The van der Waals surface area contributed by atoms with Crippen LogP contribution in [0.5, 0.6) is 23.0 Å². The number of benzene rings is 3. The molecule has 0 unspecified atom stereocenters. The molecule has 3 aromatic carbocycles. The van der Waals surface area contributed by atoms with Crippen LogP contribution in [0.2, 0.25) is 0 Å². The second-order valence-electron chi connectivity index (χ2n) is 19.2. The third-order valence-electron chi connectivity index (χ3n) is 14.4. The molecule has 2 heterocycles. The van der Waals surface area contributed by atoms with Crippen molar-refractivity contribution in [2.75, 3.05) is 33.2 Å². The van der Waals surface area contributed by atoms with Crippen molar-refractivity contribution in [1.29, 1.82) is 0 Å². The van der Waals surface area contributed by atoms with Crippen LogP contribution in [0.4, 0.5) is 4.79 Å². The highest BCUT2D eigenvalue weighted by atomic mass is 16.7. The Hall–Kier alpha value is -5.37. The molecule has 0 spiro atoms. The molecule has 70 heavy (non-hydrogen) atoms. The van der Waals surface area contributed by atoms with Crippen LogP contribution in [0.25, 0.3) is 0 Å². The number of nitrogens with zero attached hydrogens (tertiary/aromatic N) is 2. The molecule has 0 saturated heterocycles. The fraction of sp³-hybridized carbons (Fsp3) is 0.561. The third kappa shape index (κ3) is 13.1. The van der Waals surface area contributed by atoms with Crippen molar-refractivity contribution in [2.45, 2.75) is 154 Å². The number of unbranched alkanes of at least 4 members (excludes halogenated alkanes) is 10. The zero-order valence-electron chi connectivity index (χ0n) is 41.6. The monoisotopic (exact) mass is 964 g/mol. The molecule has 1 saturated carbocycles. The third-order valence-corrected chi connectivity index (χ3v) is 14.4. The number of oxime groups is 1. The van der Waals surface area contributed by atoms with Gasteiger partial charge in [0.2, 0.25) is 18.5 Å². The van der Waals surface area contributed by atoms with Gasteiger partial charge < -0.3 is 49.0 Å². The fourth-order valence-corrected chi connectivity index (χ4v) is 11.1. The predicted molar refractivity (Wildman–Crippen MR) is 271 cm³/mol. The van der Waals surface area contributed by atoms with Gasteiger partial charge in [-0.2, -0.15) is 0 Å². The Morgan fingerprint density at radius 3 is 2.31 bits per heavy atom. The largest absolute Gasteiger partial charge is 0.459 e. The number of aliphatic hydroxyl groups is 2. The summed E-state index contributed by atoms with van der Waals surface area (Å²) in [5.74, 6) is 0.0549. The number of allylic oxidation sites excluding steroid dienone is 1. The van der Waals surface area contributed by atoms with E-state index in [1.54, 1.807) is 12.1 Å². The van der Waals surface area contributed by atoms with Crippen molar-refractivity contribution in [3.05, 3.63) is 108 Å². The van der Waals surface area contributed by atoms with E-state index in [2.05, 4.69) is 24.9 Å². The highest BCUT2D eigenvalue weighted by Gasteiger charge is 2.65. The van der Waals surface area contributed by atoms with Crippen LogP contribution in [-0.4, -0.2) is 77.9 Å². The van der Waals surface area contributed by atoms with Gasteiger partial charge in [0.1, 0.15) is 24.1 Å². The van der Waals surface area contributed by atoms with E-state index in [0.717, 1.165) is 79.3 Å². The molecular weight excluding hydrogens is 887 g/mol. The second kappa shape index (κ2) is 26.7. The molecule has 0 aromatic heterocycles. The maximum atomic E-state index is 15.3. The SMILES string of the molecule is C=CCO[C@@]12Oc3ccc(OC(=O)NCc4ccccc4)cc3[C@H]3[C@H](CCCCO)[C@@H](CCCCO)C=C(C(=NOCC)C[C@@H]1N(Cc1ccc4c(c1)OCO4)C(=O)CCCCCCCCCCC)[C@H]32. The van der Waals surface area contributed by atoms with Crippen LogP contribution in [0, 0.1) is 17.8 Å². The molecule has 7 rings (SSSR count). The number of hydrogen-bond donors (Lipinski definition) is 3. The molecule has 2 aliphatic heterocycles. The zero-order valence-corrected chi connectivity index (χ0v) is 41.6. The molecule has 0 bridgehead atoms.